The van der Waals surface area contributed by atoms with Gasteiger partial charge in [0.05, 0.1) is 6.04 Å². The maximum atomic E-state index is 13.6. The van der Waals surface area contributed by atoms with Gasteiger partial charge in [-0.1, -0.05) is 12.1 Å². The van der Waals surface area contributed by atoms with Gasteiger partial charge in [0.1, 0.15) is 0 Å². The van der Waals surface area contributed by atoms with E-state index in [4.69, 9.17) is 5.84 Å². The third kappa shape index (κ3) is 2.77. The van der Waals surface area contributed by atoms with Crippen LogP contribution in [0.3, 0.4) is 0 Å². The molecule has 0 aliphatic rings. The summed E-state index contributed by atoms with van der Waals surface area (Å²) in [5.74, 6) is 3.83. The lowest BCUT2D eigenvalue weighted by Gasteiger charge is -2.16. The Bertz CT molecular complexity index is 545. The van der Waals surface area contributed by atoms with Crippen molar-refractivity contribution in [2.75, 3.05) is 0 Å². The lowest BCUT2D eigenvalue weighted by atomic mass is 10.0. The molecule has 0 spiro atoms. The van der Waals surface area contributed by atoms with E-state index >= 15 is 0 Å². The molecular weight excluding hydrogens is 322 g/mol. The average molecular weight is 333 g/mol. The van der Waals surface area contributed by atoms with Gasteiger partial charge in [0.2, 0.25) is 0 Å². The van der Waals surface area contributed by atoms with Crippen molar-refractivity contribution < 1.29 is 8.78 Å². The molecule has 1 heterocycles. The lowest BCUT2D eigenvalue weighted by molar-refractivity contribution is 0.481. The summed E-state index contributed by atoms with van der Waals surface area (Å²) >= 11 is 4.92. The van der Waals surface area contributed by atoms with Crippen LogP contribution < -0.4 is 11.3 Å². The van der Waals surface area contributed by atoms with Crippen molar-refractivity contribution in [3.63, 3.8) is 0 Å². The number of rotatable bonds is 4. The quantitative estimate of drug-likeness (QED) is 0.663. The van der Waals surface area contributed by atoms with E-state index in [9.17, 15) is 8.78 Å². The predicted molar refractivity (Wildman–Crippen MR) is 72.1 cm³/mol. The molecule has 1 aromatic carbocycles. The maximum absolute atomic E-state index is 13.6. The van der Waals surface area contributed by atoms with Crippen molar-refractivity contribution in [2.45, 2.75) is 12.5 Å². The van der Waals surface area contributed by atoms with Crippen molar-refractivity contribution >= 4 is 27.3 Å². The summed E-state index contributed by atoms with van der Waals surface area (Å²) in [5.41, 5.74) is 3.87. The molecular formula is C12H11BrF2N2S. The zero-order valence-corrected chi connectivity index (χ0v) is 11.7. The van der Waals surface area contributed by atoms with Crippen LogP contribution in [0.1, 0.15) is 17.2 Å². The van der Waals surface area contributed by atoms with Crippen LogP contribution in [0.2, 0.25) is 0 Å². The first kappa shape index (κ1) is 13.6. The third-order valence-electron chi connectivity index (χ3n) is 2.67. The van der Waals surface area contributed by atoms with Crippen LogP contribution in [0.25, 0.3) is 0 Å². The second-order valence-electron chi connectivity index (χ2n) is 3.81. The Labute approximate surface area is 116 Å². The van der Waals surface area contributed by atoms with E-state index in [0.29, 0.717) is 5.56 Å². The first-order valence-electron chi connectivity index (χ1n) is 5.24. The zero-order valence-electron chi connectivity index (χ0n) is 9.29. The van der Waals surface area contributed by atoms with Gasteiger partial charge in [0, 0.05) is 9.85 Å². The predicted octanol–water partition coefficient (Wildman–Crippen LogP) is 3.54. The molecule has 1 unspecified atom stereocenters. The lowest BCUT2D eigenvalue weighted by Crippen LogP contribution is -2.29. The summed E-state index contributed by atoms with van der Waals surface area (Å²) in [4.78, 5) is 0. The smallest absolute Gasteiger partial charge is 0.162 e. The molecule has 1 aromatic heterocycles. The van der Waals surface area contributed by atoms with E-state index in [0.717, 1.165) is 16.1 Å². The first-order chi connectivity index (χ1) is 8.63. The topological polar surface area (TPSA) is 38.0 Å². The second-order valence-corrected chi connectivity index (χ2v) is 5.41. The zero-order chi connectivity index (χ0) is 13.1. The Morgan fingerprint density at radius 2 is 2.11 bits per heavy atom. The molecule has 0 amide bonds. The van der Waals surface area contributed by atoms with Crippen molar-refractivity contribution in [3.05, 3.63) is 56.2 Å². The maximum Gasteiger partial charge on any atom is 0.162 e. The van der Waals surface area contributed by atoms with Crippen molar-refractivity contribution in [2.24, 2.45) is 5.84 Å². The van der Waals surface area contributed by atoms with Crippen LogP contribution in [-0.2, 0) is 6.42 Å². The molecule has 0 saturated carbocycles. The highest BCUT2D eigenvalue weighted by Crippen LogP contribution is 2.29. The molecule has 1 atom stereocenters. The number of halogens is 3. The summed E-state index contributed by atoms with van der Waals surface area (Å²) in [6.07, 6.45) is 0.287. The Hall–Kier alpha value is -0.820. The van der Waals surface area contributed by atoms with Crippen LogP contribution >= 0.6 is 27.3 Å². The van der Waals surface area contributed by atoms with E-state index in [2.05, 4.69) is 21.4 Å². The Balaban J connectivity index is 2.26. The van der Waals surface area contributed by atoms with Crippen LogP contribution in [-0.4, -0.2) is 0 Å². The Morgan fingerprint density at radius 3 is 2.72 bits per heavy atom. The minimum atomic E-state index is -0.840. The number of hydrogen-bond acceptors (Lipinski definition) is 3. The van der Waals surface area contributed by atoms with E-state index in [1.54, 1.807) is 6.07 Å². The van der Waals surface area contributed by atoms with Crippen molar-refractivity contribution in [1.82, 2.24) is 5.43 Å². The molecule has 2 nitrogen and oxygen atoms in total. The molecule has 0 aliphatic heterocycles. The fourth-order valence-corrected chi connectivity index (χ4v) is 3.35. The van der Waals surface area contributed by atoms with Gasteiger partial charge in [0.25, 0.3) is 0 Å². The van der Waals surface area contributed by atoms with Crippen molar-refractivity contribution in [1.29, 1.82) is 0 Å². The molecule has 0 saturated heterocycles. The minimum absolute atomic E-state index is 0.262. The van der Waals surface area contributed by atoms with Crippen LogP contribution in [0.5, 0.6) is 0 Å². The second kappa shape index (κ2) is 5.88. The molecule has 0 radical (unpaired) electrons. The standard InChI is InChI=1S/C12H11BrF2N2S/c13-9-6-18-5-8(9)11(17-16)4-7-2-1-3-10(14)12(7)15/h1-3,5-6,11,17H,4,16H2. The highest BCUT2D eigenvalue weighted by atomic mass is 79.9. The molecule has 2 aromatic rings. The van der Waals surface area contributed by atoms with Gasteiger partial charge in [-0.25, -0.2) is 8.78 Å². The number of nitrogens with two attached hydrogens (primary N) is 1. The molecule has 96 valence electrons. The van der Waals surface area contributed by atoms with Gasteiger partial charge in [0.15, 0.2) is 11.6 Å². The van der Waals surface area contributed by atoms with Gasteiger partial charge < -0.3 is 0 Å². The molecule has 18 heavy (non-hydrogen) atoms. The molecule has 2 rings (SSSR count). The Morgan fingerprint density at radius 1 is 1.33 bits per heavy atom. The molecule has 0 aliphatic carbocycles. The molecule has 6 heteroatoms. The fraction of sp³-hybridized carbons (Fsp3) is 0.167. The Kier molecular flexibility index (Phi) is 4.45. The van der Waals surface area contributed by atoms with E-state index in [-0.39, 0.29) is 12.5 Å². The summed E-state index contributed by atoms with van der Waals surface area (Å²) in [6.45, 7) is 0. The molecule has 3 N–H and O–H groups in total. The number of hydrazine groups is 1. The van der Waals surface area contributed by atoms with E-state index in [1.807, 2.05) is 10.8 Å². The SMILES string of the molecule is NNC(Cc1cccc(F)c1F)c1cscc1Br. The first-order valence-corrected chi connectivity index (χ1v) is 6.97. The number of hydrogen-bond donors (Lipinski definition) is 2. The van der Waals surface area contributed by atoms with Gasteiger partial charge in [-0.15, -0.1) is 0 Å². The average Bonchev–Trinajstić information content (AvgIpc) is 2.77. The summed E-state index contributed by atoms with van der Waals surface area (Å²) in [7, 11) is 0. The number of thiophene rings is 1. The number of nitrogens with one attached hydrogen (secondary N) is 1. The largest absolute Gasteiger partial charge is 0.271 e. The van der Waals surface area contributed by atoms with Crippen LogP contribution in [0.4, 0.5) is 8.78 Å². The highest BCUT2D eigenvalue weighted by Gasteiger charge is 2.17. The van der Waals surface area contributed by atoms with Gasteiger partial charge in [-0.2, -0.15) is 11.3 Å². The number of benzene rings is 1. The van der Waals surface area contributed by atoms with Gasteiger partial charge >= 0.3 is 0 Å². The molecule has 0 fully saturated rings. The normalized spacial score (nSPS) is 12.7. The summed E-state index contributed by atoms with van der Waals surface area (Å²) in [5, 5.41) is 3.84. The van der Waals surface area contributed by atoms with Crippen LogP contribution in [0, 0.1) is 11.6 Å². The van der Waals surface area contributed by atoms with Crippen LogP contribution in [0.15, 0.2) is 33.4 Å². The van der Waals surface area contributed by atoms with Gasteiger partial charge in [-0.3, -0.25) is 11.3 Å². The van der Waals surface area contributed by atoms with E-state index < -0.39 is 11.6 Å². The van der Waals surface area contributed by atoms with Gasteiger partial charge in [-0.05, 0) is 44.9 Å². The monoisotopic (exact) mass is 332 g/mol. The minimum Gasteiger partial charge on any atom is -0.271 e. The third-order valence-corrected chi connectivity index (χ3v) is 4.43. The fourth-order valence-electron chi connectivity index (χ4n) is 1.72. The van der Waals surface area contributed by atoms with E-state index in [1.165, 1.54) is 17.4 Å². The van der Waals surface area contributed by atoms with Crippen molar-refractivity contribution in [3.8, 4) is 0 Å². The highest BCUT2D eigenvalue weighted by molar-refractivity contribution is 9.10. The summed E-state index contributed by atoms with van der Waals surface area (Å²) in [6, 6.07) is 3.89. The summed E-state index contributed by atoms with van der Waals surface area (Å²) < 4.78 is 27.6. The molecule has 0 bridgehead atoms.